The second kappa shape index (κ2) is 7.02. The molecule has 2 heterocycles. The van der Waals surface area contributed by atoms with Crippen molar-refractivity contribution in [2.45, 2.75) is 26.3 Å². The molecule has 0 fully saturated rings. The Labute approximate surface area is 155 Å². The van der Waals surface area contributed by atoms with E-state index in [2.05, 4.69) is 16.2 Å². The van der Waals surface area contributed by atoms with Crippen LogP contribution in [0, 0.1) is 18.3 Å². The molecule has 0 saturated heterocycles. The Morgan fingerprint density at radius 2 is 2.23 bits per heavy atom. The van der Waals surface area contributed by atoms with Crippen LogP contribution < -0.4 is 5.73 Å². The predicted octanol–water partition coefficient (Wildman–Crippen LogP) is 3.27. The predicted molar refractivity (Wildman–Crippen MR) is 95.6 cm³/mol. The first-order valence-corrected chi connectivity index (χ1v) is 8.26. The van der Waals surface area contributed by atoms with E-state index < -0.39 is 5.91 Å². The Morgan fingerprint density at radius 3 is 2.88 bits per heavy atom. The summed E-state index contributed by atoms with van der Waals surface area (Å²) in [7, 11) is 0. The van der Waals surface area contributed by atoms with Crippen molar-refractivity contribution in [3.8, 4) is 17.3 Å². The first kappa shape index (κ1) is 17.7. The summed E-state index contributed by atoms with van der Waals surface area (Å²) < 4.78 is 7.07. The van der Waals surface area contributed by atoms with Gasteiger partial charge in [0.05, 0.1) is 28.7 Å². The molecule has 1 aromatic carbocycles. The van der Waals surface area contributed by atoms with Crippen LogP contribution in [0.4, 0.5) is 0 Å². The van der Waals surface area contributed by atoms with Gasteiger partial charge in [0.25, 0.3) is 5.91 Å². The van der Waals surface area contributed by atoms with Crippen LogP contribution in [0.5, 0.6) is 0 Å². The van der Waals surface area contributed by atoms with Crippen LogP contribution >= 0.6 is 11.6 Å². The van der Waals surface area contributed by atoms with Crippen molar-refractivity contribution < 1.29 is 9.21 Å². The number of rotatable bonds is 5. The summed E-state index contributed by atoms with van der Waals surface area (Å²) in [6.45, 7) is 4.29. The van der Waals surface area contributed by atoms with Crippen LogP contribution in [0.2, 0.25) is 5.02 Å². The number of oxazole rings is 1. The number of hydrogen-bond donors (Lipinski definition) is 1. The molecule has 0 aliphatic carbocycles. The molecule has 0 spiro atoms. The number of nitrogens with two attached hydrogens (primary N) is 1. The maximum Gasteiger partial charge on any atom is 0.270 e. The van der Waals surface area contributed by atoms with Gasteiger partial charge >= 0.3 is 0 Å². The maximum absolute atomic E-state index is 11.1. The van der Waals surface area contributed by atoms with Gasteiger partial charge in [0.15, 0.2) is 11.6 Å². The topological polar surface area (TPSA) is 111 Å². The molecule has 132 valence electrons. The minimum Gasteiger partial charge on any atom is -0.448 e. The molecule has 26 heavy (non-hydrogen) atoms. The summed E-state index contributed by atoms with van der Waals surface area (Å²) in [4.78, 5) is 15.2. The molecule has 1 unspecified atom stereocenters. The number of carbonyl (C=O) groups excluding carboxylic acids is 1. The standard InChI is InChI=1S/C18H16ClN5O2/c1-10(18-22-15(9-26-18)17(21)25)8-24-6-5-14(23-24)13-4-3-12(7-20)16(19)11(13)2/h3-6,9-10H,8H2,1-2H3,(H2,21,25). The Bertz CT molecular complexity index is 1020. The number of primary amides is 1. The lowest BCUT2D eigenvalue weighted by Gasteiger charge is -2.08. The van der Waals surface area contributed by atoms with E-state index >= 15 is 0 Å². The van der Waals surface area contributed by atoms with Gasteiger partial charge in [-0.2, -0.15) is 10.4 Å². The van der Waals surface area contributed by atoms with Crippen molar-refractivity contribution in [2.75, 3.05) is 0 Å². The van der Waals surface area contributed by atoms with E-state index in [1.807, 2.05) is 32.2 Å². The Morgan fingerprint density at radius 1 is 1.46 bits per heavy atom. The van der Waals surface area contributed by atoms with E-state index in [4.69, 9.17) is 27.0 Å². The highest BCUT2D eigenvalue weighted by atomic mass is 35.5. The Kier molecular flexibility index (Phi) is 4.78. The van der Waals surface area contributed by atoms with Crippen LogP contribution in [0.3, 0.4) is 0 Å². The quantitative estimate of drug-likeness (QED) is 0.741. The molecule has 3 rings (SSSR count). The van der Waals surface area contributed by atoms with Crippen molar-refractivity contribution in [2.24, 2.45) is 5.73 Å². The van der Waals surface area contributed by atoms with Gasteiger partial charge in [0.1, 0.15) is 12.3 Å². The molecule has 2 aromatic heterocycles. The Hall–Kier alpha value is -3.11. The second-order valence-corrected chi connectivity index (χ2v) is 6.35. The summed E-state index contributed by atoms with van der Waals surface area (Å²) in [5.74, 6) is -0.295. The minimum atomic E-state index is -0.623. The van der Waals surface area contributed by atoms with Gasteiger partial charge in [-0.15, -0.1) is 0 Å². The van der Waals surface area contributed by atoms with E-state index in [-0.39, 0.29) is 11.6 Å². The van der Waals surface area contributed by atoms with Gasteiger partial charge in [0.2, 0.25) is 0 Å². The molecule has 0 aliphatic rings. The minimum absolute atomic E-state index is 0.0958. The second-order valence-electron chi connectivity index (χ2n) is 5.97. The lowest BCUT2D eigenvalue weighted by atomic mass is 10.0. The highest BCUT2D eigenvalue weighted by molar-refractivity contribution is 6.32. The van der Waals surface area contributed by atoms with Crippen LogP contribution in [0.15, 0.2) is 35.1 Å². The van der Waals surface area contributed by atoms with Crippen LogP contribution in [-0.4, -0.2) is 20.7 Å². The van der Waals surface area contributed by atoms with Crippen LogP contribution in [-0.2, 0) is 6.54 Å². The van der Waals surface area contributed by atoms with Gasteiger partial charge in [-0.1, -0.05) is 24.6 Å². The third-order valence-corrected chi connectivity index (χ3v) is 4.57. The fourth-order valence-corrected chi connectivity index (χ4v) is 2.85. The zero-order chi connectivity index (χ0) is 18.8. The molecule has 0 aliphatic heterocycles. The fraction of sp³-hybridized carbons (Fsp3) is 0.222. The number of halogens is 1. The third-order valence-electron chi connectivity index (χ3n) is 4.08. The molecule has 7 nitrogen and oxygen atoms in total. The molecule has 0 radical (unpaired) electrons. The maximum atomic E-state index is 11.1. The van der Waals surface area contributed by atoms with E-state index in [1.54, 1.807) is 10.7 Å². The van der Waals surface area contributed by atoms with Crippen molar-refractivity contribution in [3.63, 3.8) is 0 Å². The molecular weight excluding hydrogens is 354 g/mol. The average Bonchev–Trinajstić information content (AvgIpc) is 3.27. The van der Waals surface area contributed by atoms with Crippen LogP contribution in [0.25, 0.3) is 11.3 Å². The normalized spacial score (nSPS) is 11.9. The number of nitriles is 1. The molecule has 0 saturated carbocycles. The van der Waals surface area contributed by atoms with Gasteiger partial charge < -0.3 is 10.2 Å². The van der Waals surface area contributed by atoms with Crippen molar-refractivity contribution >= 4 is 17.5 Å². The van der Waals surface area contributed by atoms with Gasteiger partial charge in [-0.3, -0.25) is 9.48 Å². The lowest BCUT2D eigenvalue weighted by Crippen LogP contribution is -2.12. The first-order valence-electron chi connectivity index (χ1n) is 7.89. The highest BCUT2D eigenvalue weighted by Gasteiger charge is 2.17. The molecule has 2 N–H and O–H groups in total. The molecule has 8 heteroatoms. The van der Waals surface area contributed by atoms with E-state index in [1.165, 1.54) is 6.26 Å². The number of carbonyl (C=O) groups is 1. The average molecular weight is 370 g/mol. The molecule has 3 aromatic rings. The van der Waals surface area contributed by atoms with Gasteiger partial charge in [0, 0.05) is 11.8 Å². The van der Waals surface area contributed by atoms with Crippen molar-refractivity contribution in [3.05, 3.63) is 58.4 Å². The zero-order valence-electron chi connectivity index (χ0n) is 14.2. The molecule has 1 atom stereocenters. The number of amides is 1. The summed E-state index contributed by atoms with van der Waals surface area (Å²) in [5, 5.41) is 14.1. The van der Waals surface area contributed by atoms with Gasteiger partial charge in [-0.05, 0) is 24.6 Å². The monoisotopic (exact) mass is 369 g/mol. The van der Waals surface area contributed by atoms with Gasteiger partial charge in [-0.25, -0.2) is 4.98 Å². The first-order chi connectivity index (χ1) is 12.4. The Balaban J connectivity index is 1.81. The smallest absolute Gasteiger partial charge is 0.270 e. The third kappa shape index (κ3) is 3.32. The molecule has 1 amide bonds. The molecule has 0 bridgehead atoms. The lowest BCUT2D eigenvalue weighted by molar-refractivity contribution is 0.0995. The summed E-state index contributed by atoms with van der Waals surface area (Å²) in [5.41, 5.74) is 8.16. The number of nitrogens with zero attached hydrogens (tertiary/aromatic N) is 4. The van der Waals surface area contributed by atoms with E-state index in [0.717, 1.165) is 16.8 Å². The number of aromatic nitrogens is 3. The molecular formula is C18H16ClN5O2. The van der Waals surface area contributed by atoms with Crippen LogP contribution in [0.1, 0.15) is 40.3 Å². The van der Waals surface area contributed by atoms with Crippen molar-refractivity contribution in [1.29, 1.82) is 5.26 Å². The number of hydrogen-bond acceptors (Lipinski definition) is 5. The summed E-state index contributed by atoms with van der Waals surface area (Å²) >= 11 is 6.23. The summed E-state index contributed by atoms with van der Waals surface area (Å²) in [6.07, 6.45) is 3.10. The van der Waals surface area contributed by atoms with E-state index in [9.17, 15) is 4.79 Å². The zero-order valence-corrected chi connectivity index (χ0v) is 15.0. The number of benzene rings is 1. The SMILES string of the molecule is Cc1c(-c2ccn(CC(C)c3nc(C(N)=O)co3)n2)ccc(C#N)c1Cl. The largest absolute Gasteiger partial charge is 0.448 e. The van der Waals surface area contributed by atoms with E-state index in [0.29, 0.717) is 23.0 Å². The highest BCUT2D eigenvalue weighted by Crippen LogP contribution is 2.30. The summed E-state index contributed by atoms with van der Waals surface area (Å²) in [6, 6.07) is 7.46. The van der Waals surface area contributed by atoms with Crippen molar-refractivity contribution in [1.82, 2.24) is 14.8 Å². The fourth-order valence-electron chi connectivity index (χ4n) is 2.64.